The molecule has 36 heavy (non-hydrogen) atoms. The van der Waals surface area contributed by atoms with Gasteiger partial charge in [-0.05, 0) is 49.2 Å². The number of carbonyl (C=O) groups is 1. The predicted molar refractivity (Wildman–Crippen MR) is 123 cm³/mol. The second kappa shape index (κ2) is 11.0. The van der Waals surface area contributed by atoms with Gasteiger partial charge in [-0.15, -0.1) is 13.2 Å². The van der Waals surface area contributed by atoms with Gasteiger partial charge in [-0.1, -0.05) is 12.1 Å². The molecule has 2 aromatic carbocycles. The van der Waals surface area contributed by atoms with Crippen LogP contribution in [0.25, 0.3) is 0 Å². The van der Waals surface area contributed by atoms with E-state index >= 15 is 0 Å². The number of ether oxygens (including phenoxy) is 2. The van der Waals surface area contributed by atoms with Crippen LogP contribution in [0.2, 0.25) is 0 Å². The van der Waals surface area contributed by atoms with Crippen LogP contribution >= 0.6 is 0 Å². The molecule has 0 radical (unpaired) electrons. The third-order valence-electron chi connectivity index (χ3n) is 5.84. The average molecular weight is 530 g/mol. The summed E-state index contributed by atoms with van der Waals surface area (Å²) in [4.78, 5) is 19.7. The van der Waals surface area contributed by atoms with Gasteiger partial charge in [0, 0.05) is 44.9 Å². The number of anilines is 1. The third kappa shape index (κ3) is 6.46. The number of amides is 1. The van der Waals surface area contributed by atoms with Gasteiger partial charge < -0.3 is 14.4 Å². The zero-order valence-electron chi connectivity index (χ0n) is 19.2. The molecule has 1 amide bonds. The van der Waals surface area contributed by atoms with Crippen LogP contribution in [0, 0.1) is 0 Å². The molecule has 0 bridgehead atoms. The molecule has 2 aliphatic heterocycles. The van der Waals surface area contributed by atoms with E-state index in [0.717, 1.165) is 12.8 Å². The first-order chi connectivity index (χ1) is 17.1. The summed E-state index contributed by atoms with van der Waals surface area (Å²) in [6.07, 6.45) is -2.90. The summed E-state index contributed by atoms with van der Waals surface area (Å²) in [7, 11) is -4.00. The molecule has 0 spiro atoms. The van der Waals surface area contributed by atoms with Crippen molar-refractivity contribution in [1.82, 2.24) is 9.79 Å². The maximum atomic E-state index is 13.4. The minimum Gasteiger partial charge on any atom is -0.406 e. The number of hydrogen-bond donors (Lipinski definition) is 1. The van der Waals surface area contributed by atoms with Crippen LogP contribution in [-0.2, 0) is 19.6 Å². The molecule has 2 fully saturated rings. The van der Waals surface area contributed by atoms with Crippen molar-refractivity contribution in [2.75, 3.05) is 37.7 Å². The lowest BCUT2D eigenvalue weighted by molar-refractivity contribution is -0.274. The molecule has 0 aromatic heterocycles. The van der Waals surface area contributed by atoms with Crippen molar-refractivity contribution in [1.29, 1.82) is 0 Å². The lowest BCUT2D eigenvalue weighted by atomic mass is 10.2. The highest BCUT2D eigenvalue weighted by Crippen LogP contribution is 2.27. The Labute approximate surface area is 206 Å². The number of nitrogens with one attached hydrogen (secondary N) is 1. The van der Waals surface area contributed by atoms with E-state index < -0.39 is 28.6 Å². The highest BCUT2D eigenvalue weighted by molar-refractivity contribution is 7.89. The SMILES string of the molecule is O=C(NOC1CCCCO1)c1ccccc1S(=O)(=O)N1CCN(c2ccc(OC(F)(F)F)cc2)CC1. The first-order valence-electron chi connectivity index (χ1n) is 11.4. The molecule has 1 atom stereocenters. The fourth-order valence-electron chi connectivity index (χ4n) is 4.04. The number of hydroxylamine groups is 1. The van der Waals surface area contributed by atoms with Crippen LogP contribution in [0.5, 0.6) is 5.75 Å². The van der Waals surface area contributed by atoms with Crippen LogP contribution < -0.4 is 15.1 Å². The molecule has 9 nitrogen and oxygen atoms in total. The molecule has 2 aliphatic rings. The normalized spacial score (nSPS) is 19.6. The molecule has 4 rings (SSSR count). The van der Waals surface area contributed by atoms with Gasteiger partial charge in [-0.25, -0.2) is 18.7 Å². The number of piperazine rings is 1. The molecule has 0 aliphatic carbocycles. The Morgan fingerprint density at radius 2 is 1.69 bits per heavy atom. The monoisotopic (exact) mass is 529 g/mol. The Morgan fingerprint density at radius 1 is 1.00 bits per heavy atom. The number of carbonyl (C=O) groups excluding carboxylic acids is 1. The quantitative estimate of drug-likeness (QED) is 0.550. The molecular formula is C23H26F3N3O6S. The molecule has 2 saturated heterocycles. The van der Waals surface area contributed by atoms with Crippen molar-refractivity contribution in [3.8, 4) is 5.75 Å². The summed E-state index contributed by atoms with van der Waals surface area (Å²) in [6.45, 7) is 1.42. The largest absolute Gasteiger partial charge is 0.573 e. The summed E-state index contributed by atoms with van der Waals surface area (Å²) in [5, 5.41) is 0. The van der Waals surface area contributed by atoms with E-state index in [1.54, 1.807) is 6.07 Å². The molecule has 0 saturated carbocycles. The van der Waals surface area contributed by atoms with E-state index in [4.69, 9.17) is 9.57 Å². The smallest absolute Gasteiger partial charge is 0.406 e. The number of alkyl halides is 3. The summed E-state index contributed by atoms with van der Waals surface area (Å²) in [5.41, 5.74) is 2.89. The van der Waals surface area contributed by atoms with Gasteiger partial charge in [0.15, 0.2) is 6.29 Å². The molecule has 196 valence electrons. The van der Waals surface area contributed by atoms with Crippen LogP contribution in [0.4, 0.5) is 18.9 Å². The van der Waals surface area contributed by atoms with E-state index in [1.807, 2.05) is 4.90 Å². The maximum Gasteiger partial charge on any atom is 0.573 e. The Morgan fingerprint density at radius 3 is 2.33 bits per heavy atom. The molecule has 13 heteroatoms. The standard InChI is InChI=1S/C23H26F3N3O6S/c24-23(25,26)34-18-10-8-17(9-11-18)28-12-14-29(15-13-28)36(31,32)20-6-2-1-5-19(20)22(30)27-35-21-7-3-4-16-33-21/h1-2,5-6,8-11,21H,3-4,7,12-16H2,(H,27,30). The molecular weight excluding hydrogens is 503 g/mol. The first-order valence-corrected chi connectivity index (χ1v) is 12.8. The minimum atomic E-state index is -4.77. The zero-order chi connectivity index (χ0) is 25.8. The van der Waals surface area contributed by atoms with E-state index in [1.165, 1.54) is 46.8 Å². The number of rotatable bonds is 7. The van der Waals surface area contributed by atoms with Crippen LogP contribution in [0.15, 0.2) is 53.4 Å². The van der Waals surface area contributed by atoms with E-state index in [0.29, 0.717) is 31.8 Å². The van der Waals surface area contributed by atoms with Gasteiger partial charge in [0.2, 0.25) is 10.0 Å². The Kier molecular flexibility index (Phi) is 8.03. The fraction of sp³-hybridized carbons (Fsp3) is 0.435. The summed E-state index contributed by atoms with van der Waals surface area (Å²) >= 11 is 0. The minimum absolute atomic E-state index is 0.0454. The van der Waals surface area contributed by atoms with Gasteiger partial charge in [-0.2, -0.15) is 4.31 Å². The van der Waals surface area contributed by atoms with E-state index in [-0.39, 0.29) is 29.3 Å². The fourth-order valence-corrected chi connectivity index (χ4v) is 5.65. The molecule has 2 heterocycles. The second-order valence-electron chi connectivity index (χ2n) is 8.27. The highest BCUT2D eigenvalue weighted by Gasteiger charge is 2.33. The number of halogens is 3. The van der Waals surface area contributed by atoms with Gasteiger partial charge in [-0.3, -0.25) is 4.79 Å². The first kappa shape index (κ1) is 26.2. The lowest BCUT2D eigenvalue weighted by Crippen LogP contribution is -2.49. The van der Waals surface area contributed by atoms with Gasteiger partial charge in [0.25, 0.3) is 5.91 Å². The van der Waals surface area contributed by atoms with Crippen LogP contribution in [0.1, 0.15) is 29.6 Å². The molecule has 1 N–H and O–H groups in total. The second-order valence-corrected chi connectivity index (χ2v) is 10.2. The number of hydrogen-bond acceptors (Lipinski definition) is 7. The maximum absolute atomic E-state index is 13.4. The topological polar surface area (TPSA) is 97.4 Å². The van der Waals surface area contributed by atoms with Gasteiger partial charge in [0.1, 0.15) is 5.75 Å². The summed E-state index contributed by atoms with van der Waals surface area (Å²) in [6, 6.07) is 11.3. The predicted octanol–water partition coefficient (Wildman–Crippen LogP) is 3.28. The Balaban J connectivity index is 1.39. The van der Waals surface area contributed by atoms with Crippen molar-refractivity contribution < 1.29 is 40.7 Å². The zero-order valence-corrected chi connectivity index (χ0v) is 20.1. The lowest BCUT2D eigenvalue weighted by Gasteiger charge is -2.35. The Hall–Kier alpha value is -2.87. The number of sulfonamides is 1. The van der Waals surface area contributed by atoms with E-state index in [2.05, 4.69) is 10.2 Å². The van der Waals surface area contributed by atoms with Crippen molar-refractivity contribution in [2.24, 2.45) is 0 Å². The number of nitrogens with zero attached hydrogens (tertiary/aromatic N) is 2. The van der Waals surface area contributed by atoms with Crippen LogP contribution in [-0.4, -0.2) is 64.1 Å². The Bertz CT molecular complexity index is 1150. The van der Waals surface area contributed by atoms with Crippen LogP contribution in [0.3, 0.4) is 0 Å². The van der Waals surface area contributed by atoms with Crippen molar-refractivity contribution in [3.63, 3.8) is 0 Å². The third-order valence-corrected chi connectivity index (χ3v) is 7.80. The summed E-state index contributed by atoms with van der Waals surface area (Å²) < 4.78 is 74.4. The highest BCUT2D eigenvalue weighted by atomic mass is 32.2. The number of benzene rings is 2. The van der Waals surface area contributed by atoms with E-state index in [9.17, 15) is 26.4 Å². The average Bonchev–Trinajstić information content (AvgIpc) is 2.87. The van der Waals surface area contributed by atoms with Crippen molar-refractivity contribution in [3.05, 3.63) is 54.1 Å². The van der Waals surface area contributed by atoms with Crippen molar-refractivity contribution >= 4 is 21.6 Å². The summed E-state index contributed by atoms with van der Waals surface area (Å²) in [5.74, 6) is -1.02. The molecule has 1 unspecified atom stereocenters. The molecule has 2 aromatic rings. The van der Waals surface area contributed by atoms with Gasteiger partial charge in [0.05, 0.1) is 10.5 Å². The van der Waals surface area contributed by atoms with Gasteiger partial charge >= 0.3 is 6.36 Å². The van der Waals surface area contributed by atoms with Crippen molar-refractivity contribution in [2.45, 2.75) is 36.8 Å².